The number of piperidine rings is 2. The average molecular weight is 710 g/mol. The van der Waals surface area contributed by atoms with Gasteiger partial charge in [-0.3, -0.25) is 14.8 Å². The van der Waals surface area contributed by atoms with E-state index >= 15 is 0 Å². The summed E-state index contributed by atoms with van der Waals surface area (Å²) < 4.78 is 42.2. The number of likely N-dealkylation sites (N-methyl/N-ethyl adjacent to an activating group) is 1. The van der Waals surface area contributed by atoms with Crippen molar-refractivity contribution in [2.75, 3.05) is 71.3 Å². The SMILES string of the molecule is CN1CCN(C2CCN(C(=O)C(Cc3cc(C(F)(F)F)c4[nH]ncc4c3)NC(=O)N3CCC(N4CCc5ccccc5NC4=O)CC3)CC2)CC1. The highest BCUT2D eigenvalue weighted by molar-refractivity contribution is 5.91. The molecule has 3 fully saturated rings. The Morgan fingerprint density at radius 3 is 2.33 bits per heavy atom. The number of amides is 5. The second kappa shape index (κ2) is 14.7. The molecule has 4 aliphatic rings. The number of nitrogens with zero attached hydrogens (tertiary/aromatic N) is 6. The molecule has 15 heteroatoms. The molecule has 3 saturated heterocycles. The number of likely N-dealkylation sites (tertiary alicyclic amines) is 2. The molecule has 274 valence electrons. The smallest absolute Gasteiger partial charge is 0.341 e. The van der Waals surface area contributed by atoms with E-state index in [9.17, 15) is 27.6 Å². The lowest BCUT2D eigenvalue weighted by molar-refractivity contribution is -0.136. The van der Waals surface area contributed by atoms with Crippen molar-refractivity contribution in [3.8, 4) is 0 Å². The highest BCUT2D eigenvalue weighted by Crippen LogP contribution is 2.35. The third-order valence-corrected chi connectivity index (χ3v) is 11.1. The maximum atomic E-state index is 14.1. The van der Waals surface area contributed by atoms with Gasteiger partial charge in [-0.05, 0) is 68.5 Å². The van der Waals surface area contributed by atoms with Gasteiger partial charge in [0.2, 0.25) is 5.91 Å². The molecule has 0 radical (unpaired) electrons. The van der Waals surface area contributed by atoms with Crippen LogP contribution in [0.4, 0.5) is 28.4 Å². The number of nitrogens with one attached hydrogen (secondary N) is 3. The van der Waals surface area contributed by atoms with Crippen molar-refractivity contribution < 1.29 is 27.6 Å². The van der Waals surface area contributed by atoms with Gasteiger partial charge in [0.25, 0.3) is 0 Å². The van der Waals surface area contributed by atoms with E-state index in [0.717, 1.165) is 62.8 Å². The number of halogens is 3. The van der Waals surface area contributed by atoms with E-state index in [1.165, 1.54) is 6.20 Å². The van der Waals surface area contributed by atoms with E-state index in [4.69, 9.17) is 0 Å². The van der Waals surface area contributed by atoms with Crippen LogP contribution in [0, 0.1) is 0 Å². The lowest BCUT2D eigenvalue weighted by Crippen LogP contribution is -2.58. The number of carbonyl (C=O) groups excluding carboxylic acids is 3. The Hall–Kier alpha value is -4.37. The molecular weight excluding hydrogens is 663 g/mol. The van der Waals surface area contributed by atoms with E-state index in [1.54, 1.807) is 15.9 Å². The minimum absolute atomic E-state index is 0.0510. The third-order valence-electron chi connectivity index (χ3n) is 11.1. The normalized spacial score (nSPS) is 20.9. The number of anilines is 1. The standard InChI is InChI=1S/C36H46F3N9O3/c1-44-16-18-45(19-17-44)27-7-11-46(12-8-27)33(49)31(22-24-20-26-23-40-43-32(26)29(21-24)36(37,38)39)42-34(50)47-13-9-28(10-14-47)48-15-6-25-4-2-3-5-30(25)41-35(48)51/h2-5,20-21,23,27-28,31H,6-19,22H2,1H3,(H,40,43)(H,41,51)(H,42,50). The molecule has 0 spiro atoms. The number of alkyl halides is 3. The average Bonchev–Trinajstić information content (AvgIpc) is 3.53. The Morgan fingerprint density at radius 1 is 0.922 bits per heavy atom. The maximum absolute atomic E-state index is 14.1. The fourth-order valence-corrected chi connectivity index (χ4v) is 8.11. The summed E-state index contributed by atoms with van der Waals surface area (Å²) in [5.41, 5.74) is 1.21. The maximum Gasteiger partial charge on any atom is 0.418 e. The number of H-pyrrole nitrogens is 1. The van der Waals surface area contributed by atoms with Crippen LogP contribution in [0.25, 0.3) is 10.9 Å². The monoisotopic (exact) mass is 709 g/mol. The number of rotatable bonds is 6. The number of urea groups is 2. The van der Waals surface area contributed by atoms with Gasteiger partial charge in [-0.1, -0.05) is 18.2 Å². The molecule has 1 atom stereocenters. The van der Waals surface area contributed by atoms with Crippen LogP contribution in [0.3, 0.4) is 0 Å². The number of hydrogen-bond donors (Lipinski definition) is 3. The third kappa shape index (κ3) is 7.78. The topological polar surface area (TPSA) is 120 Å². The van der Waals surface area contributed by atoms with Gasteiger partial charge in [0.05, 0.1) is 17.3 Å². The van der Waals surface area contributed by atoms with Gasteiger partial charge < -0.3 is 30.2 Å². The van der Waals surface area contributed by atoms with Gasteiger partial charge in [-0.15, -0.1) is 0 Å². The number of benzene rings is 2. The minimum Gasteiger partial charge on any atom is -0.341 e. The first-order valence-electron chi connectivity index (χ1n) is 18.0. The Kier molecular flexibility index (Phi) is 10.1. The van der Waals surface area contributed by atoms with Gasteiger partial charge in [0, 0.05) is 88.5 Å². The van der Waals surface area contributed by atoms with Crippen LogP contribution in [0.2, 0.25) is 0 Å². The summed E-state index contributed by atoms with van der Waals surface area (Å²) in [6.45, 7) is 6.34. The first-order valence-corrected chi connectivity index (χ1v) is 18.0. The predicted octanol–water partition coefficient (Wildman–Crippen LogP) is 4.00. The first-order chi connectivity index (χ1) is 24.5. The lowest BCUT2D eigenvalue weighted by atomic mass is 9.97. The van der Waals surface area contributed by atoms with Crippen molar-refractivity contribution in [1.82, 2.24) is 40.0 Å². The van der Waals surface area contributed by atoms with Gasteiger partial charge in [0.15, 0.2) is 0 Å². The van der Waals surface area contributed by atoms with Gasteiger partial charge in [-0.25, -0.2) is 9.59 Å². The fraction of sp³-hybridized carbons (Fsp3) is 0.556. The molecule has 7 rings (SSSR count). The van der Waals surface area contributed by atoms with Crippen LogP contribution in [0.1, 0.15) is 42.4 Å². The second-order valence-corrected chi connectivity index (χ2v) is 14.3. The molecule has 4 aliphatic heterocycles. The highest BCUT2D eigenvalue weighted by atomic mass is 19.4. The quantitative estimate of drug-likeness (QED) is 0.356. The van der Waals surface area contributed by atoms with Crippen molar-refractivity contribution in [3.63, 3.8) is 0 Å². The lowest BCUT2D eigenvalue weighted by Gasteiger charge is -2.42. The first kappa shape index (κ1) is 35.1. The molecule has 0 bridgehead atoms. The zero-order valence-electron chi connectivity index (χ0n) is 28.9. The Balaban J connectivity index is 1.03. The molecule has 3 N–H and O–H groups in total. The fourth-order valence-electron chi connectivity index (χ4n) is 8.11. The van der Waals surface area contributed by atoms with Gasteiger partial charge in [-0.2, -0.15) is 18.3 Å². The summed E-state index contributed by atoms with van der Waals surface area (Å²) in [7, 11) is 2.12. The summed E-state index contributed by atoms with van der Waals surface area (Å²) in [6, 6.07) is 9.06. The van der Waals surface area contributed by atoms with Crippen LogP contribution in [-0.2, 0) is 23.8 Å². The van der Waals surface area contributed by atoms with Crippen LogP contribution >= 0.6 is 0 Å². The molecule has 5 heterocycles. The molecule has 5 amide bonds. The van der Waals surface area contributed by atoms with Crippen molar-refractivity contribution in [2.24, 2.45) is 0 Å². The van der Waals surface area contributed by atoms with Crippen LogP contribution in [-0.4, -0.2) is 137 Å². The number of hydrogen-bond acceptors (Lipinski definition) is 6. The van der Waals surface area contributed by atoms with Crippen molar-refractivity contribution in [2.45, 2.75) is 62.8 Å². The van der Waals surface area contributed by atoms with E-state index in [0.29, 0.717) is 51.6 Å². The van der Waals surface area contributed by atoms with E-state index in [2.05, 4.69) is 37.7 Å². The summed E-state index contributed by atoms with van der Waals surface area (Å²) >= 11 is 0. The number of aromatic amines is 1. The second-order valence-electron chi connectivity index (χ2n) is 14.3. The molecule has 0 aliphatic carbocycles. The van der Waals surface area contributed by atoms with Gasteiger partial charge in [0.1, 0.15) is 6.04 Å². The molecule has 0 saturated carbocycles. The van der Waals surface area contributed by atoms with Crippen LogP contribution in [0.5, 0.6) is 0 Å². The summed E-state index contributed by atoms with van der Waals surface area (Å²) in [5.74, 6) is -0.295. The van der Waals surface area contributed by atoms with Crippen LogP contribution in [0.15, 0.2) is 42.6 Å². The van der Waals surface area contributed by atoms with Crippen molar-refractivity contribution in [3.05, 3.63) is 59.3 Å². The molecular formula is C36H46F3N9O3. The van der Waals surface area contributed by atoms with E-state index < -0.39 is 23.8 Å². The number of para-hydroxylation sites is 1. The molecule has 51 heavy (non-hydrogen) atoms. The summed E-state index contributed by atoms with van der Waals surface area (Å²) in [5, 5.41) is 12.5. The molecule has 12 nitrogen and oxygen atoms in total. The zero-order valence-corrected chi connectivity index (χ0v) is 28.9. The predicted molar refractivity (Wildman–Crippen MR) is 186 cm³/mol. The van der Waals surface area contributed by atoms with Crippen molar-refractivity contribution in [1.29, 1.82) is 0 Å². The van der Waals surface area contributed by atoms with Crippen LogP contribution < -0.4 is 10.6 Å². The number of fused-ring (bicyclic) bond motifs is 2. The Bertz CT molecular complexity index is 1730. The molecule has 2 aromatic carbocycles. The number of carbonyl (C=O) groups is 3. The highest BCUT2D eigenvalue weighted by Gasteiger charge is 2.37. The summed E-state index contributed by atoms with van der Waals surface area (Å²) in [6.07, 6.45) is 0.0797. The largest absolute Gasteiger partial charge is 0.418 e. The zero-order chi connectivity index (χ0) is 35.7. The molecule has 3 aromatic rings. The van der Waals surface area contributed by atoms with Gasteiger partial charge >= 0.3 is 18.2 Å². The number of piperazine rings is 1. The Labute approximate surface area is 295 Å². The number of aromatic nitrogens is 2. The van der Waals surface area contributed by atoms with E-state index in [-0.39, 0.29) is 40.9 Å². The van der Waals surface area contributed by atoms with Crippen molar-refractivity contribution >= 4 is 34.6 Å². The van der Waals surface area contributed by atoms with E-state index in [1.807, 2.05) is 29.2 Å². The molecule has 1 unspecified atom stereocenters. The minimum atomic E-state index is -4.63. The summed E-state index contributed by atoms with van der Waals surface area (Å²) in [4.78, 5) is 51.0. The molecule has 1 aromatic heterocycles. The Morgan fingerprint density at radius 2 is 1.61 bits per heavy atom.